The first-order chi connectivity index (χ1) is 12.6. The molecule has 1 aromatic carbocycles. The van der Waals surface area contributed by atoms with Crippen LogP contribution in [0.5, 0.6) is 5.75 Å². The number of nitrogens with zero attached hydrogens (tertiary/aromatic N) is 3. The molecule has 1 aromatic heterocycles. The lowest BCUT2D eigenvalue weighted by atomic mass is 10.1. The third-order valence-electron chi connectivity index (χ3n) is 3.98. The summed E-state index contributed by atoms with van der Waals surface area (Å²) in [5, 5.41) is 6.78. The molecule has 2 N–H and O–H groups in total. The highest BCUT2D eigenvalue weighted by Crippen LogP contribution is 2.18. The quantitative estimate of drug-likeness (QED) is 0.411. The van der Waals surface area contributed by atoms with Crippen molar-refractivity contribution in [2.45, 2.75) is 39.8 Å². The number of imidazole rings is 1. The third kappa shape index (κ3) is 6.78. The zero-order valence-corrected chi connectivity index (χ0v) is 16.3. The molecule has 0 amide bonds. The Morgan fingerprint density at radius 3 is 2.62 bits per heavy atom. The smallest absolute Gasteiger partial charge is 0.191 e. The van der Waals surface area contributed by atoms with Crippen molar-refractivity contribution in [3.05, 3.63) is 48.5 Å². The number of ether oxygens (including phenoxy) is 1. The Balaban J connectivity index is 1.75. The van der Waals surface area contributed by atoms with Gasteiger partial charge in [-0.15, -0.1) is 0 Å². The maximum atomic E-state index is 5.74. The van der Waals surface area contributed by atoms with Crippen molar-refractivity contribution in [2.75, 3.05) is 20.2 Å². The Morgan fingerprint density at radius 1 is 1.23 bits per heavy atom. The molecule has 1 heterocycles. The minimum atomic E-state index is 0.161. The number of nitrogens with one attached hydrogen (secondary N) is 2. The molecule has 6 nitrogen and oxygen atoms in total. The summed E-state index contributed by atoms with van der Waals surface area (Å²) >= 11 is 0. The summed E-state index contributed by atoms with van der Waals surface area (Å²) in [4.78, 5) is 8.35. The average Bonchev–Trinajstić information content (AvgIpc) is 3.16. The fourth-order valence-electron chi connectivity index (χ4n) is 2.49. The van der Waals surface area contributed by atoms with Crippen molar-refractivity contribution in [3.63, 3.8) is 0 Å². The highest BCUT2D eigenvalue weighted by Gasteiger charge is 2.08. The summed E-state index contributed by atoms with van der Waals surface area (Å²) in [6.07, 6.45) is 6.62. The van der Waals surface area contributed by atoms with Crippen LogP contribution in [-0.4, -0.2) is 35.7 Å². The van der Waals surface area contributed by atoms with E-state index in [0.29, 0.717) is 5.92 Å². The van der Waals surface area contributed by atoms with Crippen LogP contribution in [0.4, 0.5) is 0 Å². The van der Waals surface area contributed by atoms with Crippen LogP contribution in [-0.2, 0) is 6.54 Å². The molecular formula is C20H31N5O. The van der Waals surface area contributed by atoms with Gasteiger partial charge in [0.1, 0.15) is 5.75 Å². The van der Waals surface area contributed by atoms with Crippen molar-refractivity contribution in [3.8, 4) is 5.75 Å². The molecule has 0 radical (unpaired) electrons. The molecule has 26 heavy (non-hydrogen) atoms. The highest BCUT2D eigenvalue weighted by atomic mass is 16.5. The molecule has 2 aromatic rings. The van der Waals surface area contributed by atoms with Gasteiger partial charge >= 0.3 is 0 Å². The van der Waals surface area contributed by atoms with E-state index in [0.717, 1.165) is 37.8 Å². The Hall–Kier alpha value is -2.50. The van der Waals surface area contributed by atoms with Crippen molar-refractivity contribution in [1.29, 1.82) is 0 Å². The molecule has 2 rings (SSSR count). The first kappa shape index (κ1) is 19.8. The van der Waals surface area contributed by atoms with Crippen LogP contribution >= 0.6 is 0 Å². The summed E-state index contributed by atoms with van der Waals surface area (Å²) in [6.45, 7) is 8.96. The van der Waals surface area contributed by atoms with Crippen LogP contribution in [0.3, 0.4) is 0 Å². The van der Waals surface area contributed by atoms with E-state index < -0.39 is 0 Å². The van der Waals surface area contributed by atoms with Crippen LogP contribution in [0.2, 0.25) is 0 Å². The van der Waals surface area contributed by atoms with E-state index in [9.17, 15) is 0 Å². The summed E-state index contributed by atoms with van der Waals surface area (Å²) in [6, 6.07) is 8.40. The van der Waals surface area contributed by atoms with E-state index in [1.54, 1.807) is 13.2 Å². The minimum Gasteiger partial charge on any atom is -0.493 e. The maximum Gasteiger partial charge on any atom is 0.191 e. The number of hydrogen-bond donors (Lipinski definition) is 2. The van der Waals surface area contributed by atoms with Crippen molar-refractivity contribution >= 4 is 5.96 Å². The minimum absolute atomic E-state index is 0.161. The van der Waals surface area contributed by atoms with Gasteiger partial charge in [0.2, 0.25) is 0 Å². The normalized spacial score (nSPS) is 12.9. The molecule has 1 atom stereocenters. The Kier molecular flexibility index (Phi) is 7.99. The van der Waals surface area contributed by atoms with Gasteiger partial charge in [-0.2, -0.15) is 0 Å². The van der Waals surface area contributed by atoms with Crippen molar-refractivity contribution in [2.24, 2.45) is 10.9 Å². The first-order valence-corrected chi connectivity index (χ1v) is 9.24. The zero-order valence-electron chi connectivity index (χ0n) is 16.3. The van der Waals surface area contributed by atoms with E-state index in [1.807, 2.05) is 24.7 Å². The summed E-state index contributed by atoms with van der Waals surface area (Å²) in [7, 11) is 1.79. The summed E-state index contributed by atoms with van der Waals surface area (Å²) in [5.41, 5.74) is 1.20. The second-order valence-electron chi connectivity index (χ2n) is 6.79. The van der Waals surface area contributed by atoms with Gasteiger partial charge in [0.15, 0.2) is 5.96 Å². The predicted molar refractivity (Wildman–Crippen MR) is 107 cm³/mol. The molecule has 0 aliphatic rings. The second kappa shape index (κ2) is 10.5. The molecule has 0 bridgehead atoms. The van der Waals surface area contributed by atoms with Crippen LogP contribution in [0.25, 0.3) is 0 Å². The molecule has 0 spiro atoms. The molecule has 142 valence electrons. The van der Waals surface area contributed by atoms with Gasteiger partial charge in [0.05, 0.1) is 19.0 Å². The summed E-state index contributed by atoms with van der Waals surface area (Å²) in [5.74, 6) is 2.25. The number of aliphatic imine (C=N–C) groups is 1. The van der Waals surface area contributed by atoms with E-state index in [-0.39, 0.29) is 6.04 Å². The fourth-order valence-corrected chi connectivity index (χ4v) is 2.49. The largest absolute Gasteiger partial charge is 0.493 e. The van der Waals surface area contributed by atoms with Gasteiger partial charge in [-0.3, -0.25) is 4.99 Å². The summed E-state index contributed by atoms with van der Waals surface area (Å²) < 4.78 is 7.81. The van der Waals surface area contributed by atoms with Gasteiger partial charge in [0.25, 0.3) is 0 Å². The average molecular weight is 358 g/mol. The lowest BCUT2D eigenvalue weighted by molar-refractivity contribution is 0.271. The van der Waals surface area contributed by atoms with E-state index in [1.165, 1.54) is 5.56 Å². The van der Waals surface area contributed by atoms with Gasteiger partial charge in [-0.1, -0.05) is 26.0 Å². The van der Waals surface area contributed by atoms with Gasteiger partial charge in [-0.25, -0.2) is 4.98 Å². The number of aromatic nitrogens is 2. The number of guanidine groups is 1. The third-order valence-corrected chi connectivity index (χ3v) is 3.98. The predicted octanol–water partition coefficient (Wildman–Crippen LogP) is 3.23. The standard InChI is InChI=1S/C20H31N5O/c1-16(2)14-26-19-8-6-18(7-9-19)17(3)24-20(21-4)23-10-5-12-25-13-11-22-15-25/h6-9,11,13,15-17H,5,10,12,14H2,1-4H3,(H2,21,23,24). The topological polar surface area (TPSA) is 63.5 Å². The first-order valence-electron chi connectivity index (χ1n) is 9.24. The Morgan fingerprint density at radius 2 is 2.00 bits per heavy atom. The van der Waals surface area contributed by atoms with E-state index >= 15 is 0 Å². The van der Waals surface area contributed by atoms with Gasteiger partial charge in [-0.05, 0) is 37.0 Å². The van der Waals surface area contributed by atoms with Crippen molar-refractivity contribution < 1.29 is 4.74 Å². The molecule has 1 unspecified atom stereocenters. The molecule has 0 saturated heterocycles. The number of hydrogen-bond acceptors (Lipinski definition) is 3. The lowest BCUT2D eigenvalue weighted by Crippen LogP contribution is -2.39. The molecular weight excluding hydrogens is 326 g/mol. The molecule has 0 saturated carbocycles. The number of benzene rings is 1. The van der Waals surface area contributed by atoms with Crippen LogP contribution < -0.4 is 15.4 Å². The number of aryl methyl sites for hydroxylation is 1. The van der Waals surface area contributed by atoms with Crippen molar-refractivity contribution in [1.82, 2.24) is 20.2 Å². The van der Waals surface area contributed by atoms with Gasteiger partial charge in [0, 0.05) is 32.5 Å². The van der Waals surface area contributed by atoms with Crippen LogP contribution in [0.1, 0.15) is 38.8 Å². The van der Waals surface area contributed by atoms with Crippen LogP contribution in [0.15, 0.2) is 48.0 Å². The van der Waals surface area contributed by atoms with Gasteiger partial charge < -0.3 is 19.9 Å². The second-order valence-corrected chi connectivity index (χ2v) is 6.79. The Bertz CT molecular complexity index is 649. The zero-order chi connectivity index (χ0) is 18.8. The molecule has 0 fully saturated rings. The SMILES string of the molecule is CN=C(NCCCn1ccnc1)NC(C)c1ccc(OCC(C)C)cc1. The fraction of sp³-hybridized carbons (Fsp3) is 0.500. The number of rotatable bonds is 9. The maximum absolute atomic E-state index is 5.74. The van der Waals surface area contributed by atoms with Crippen LogP contribution in [0, 0.1) is 5.92 Å². The molecule has 0 aliphatic carbocycles. The molecule has 6 heteroatoms. The molecule has 0 aliphatic heterocycles. The van der Waals surface area contributed by atoms with E-state index in [4.69, 9.17) is 4.74 Å². The monoisotopic (exact) mass is 357 g/mol. The lowest BCUT2D eigenvalue weighted by Gasteiger charge is -2.19. The Labute approximate surface area is 156 Å². The highest BCUT2D eigenvalue weighted by molar-refractivity contribution is 5.80. The van der Waals surface area contributed by atoms with E-state index in [2.05, 4.69) is 58.1 Å².